The Kier molecular flexibility index (Phi) is 6.49. The lowest BCUT2D eigenvalue weighted by Gasteiger charge is -2.31. The Balaban J connectivity index is 1.23. The average molecular weight is 418 g/mol. The summed E-state index contributed by atoms with van der Waals surface area (Å²) in [6.45, 7) is 3.00. The molecule has 0 spiro atoms. The molecule has 0 saturated carbocycles. The van der Waals surface area contributed by atoms with Crippen molar-refractivity contribution in [2.24, 2.45) is 10.2 Å². The third-order valence-electron chi connectivity index (χ3n) is 5.09. The highest BCUT2D eigenvalue weighted by Gasteiger charge is 2.27. The summed E-state index contributed by atoms with van der Waals surface area (Å²) in [7, 11) is 0. The molecule has 0 aliphatic carbocycles. The number of nitrogens with zero attached hydrogens (tertiary/aromatic N) is 3. The number of nitrogens with one attached hydrogen (secondary N) is 2. The Morgan fingerprint density at radius 3 is 2.23 bits per heavy atom. The van der Waals surface area contributed by atoms with Crippen LogP contribution < -0.4 is 10.2 Å². The van der Waals surface area contributed by atoms with Gasteiger partial charge in [-0.3, -0.25) is 9.59 Å². The van der Waals surface area contributed by atoms with Gasteiger partial charge in [0, 0.05) is 5.69 Å². The van der Waals surface area contributed by atoms with Crippen LogP contribution in [0.1, 0.15) is 10.6 Å². The van der Waals surface area contributed by atoms with Gasteiger partial charge in [-0.2, -0.15) is 10.2 Å². The van der Waals surface area contributed by atoms with Crippen LogP contribution in [0.3, 0.4) is 0 Å². The third-order valence-corrected chi connectivity index (χ3v) is 5.09. The fraction of sp³-hybridized carbons (Fsp3) is 0.217. The van der Waals surface area contributed by atoms with Crippen LogP contribution in [0.5, 0.6) is 0 Å². The van der Waals surface area contributed by atoms with Crippen molar-refractivity contribution in [3.8, 4) is 0 Å². The van der Waals surface area contributed by atoms with Crippen LogP contribution in [-0.2, 0) is 4.79 Å². The van der Waals surface area contributed by atoms with Crippen molar-refractivity contribution in [3.63, 3.8) is 0 Å². The Morgan fingerprint density at radius 2 is 1.58 bits per heavy atom. The van der Waals surface area contributed by atoms with Gasteiger partial charge in [0.2, 0.25) is 0 Å². The van der Waals surface area contributed by atoms with E-state index in [1.165, 1.54) is 6.26 Å². The molecule has 1 aromatic heterocycles. The summed E-state index contributed by atoms with van der Waals surface area (Å²) in [6.07, 6.45) is 1.50. The highest BCUT2D eigenvalue weighted by Crippen LogP contribution is 2.19. The van der Waals surface area contributed by atoms with E-state index >= 15 is 0 Å². The van der Waals surface area contributed by atoms with Gasteiger partial charge in [-0.05, 0) is 48.5 Å². The van der Waals surface area contributed by atoms with Gasteiger partial charge in [0.25, 0.3) is 11.8 Å². The molecule has 8 heteroatoms. The van der Waals surface area contributed by atoms with Gasteiger partial charge in [0.1, 0.15) is 0 Å². The normalized spacial score (nSPS) is 14.6. The molecule has 2 N–H and O–H groups in total. The number of quaternary nitrogens is 1. The molecule has 2 amide bonds. The number of hydrogen-bond donors (Lipinski definition) is 2. The Bertz CT molecular complexity index is 1020. The fourth-order valence-electron chi connectivity index (χ4n) is 3.41. The molecule has 0 unspecified atom stereocenters. The van der Waals surface area contributed by atoms with Gasteiger partial charge < -0.3 is 19.5 Å². The topological polar surface area (TPSA) is 91.7 Å². The van der Waals surface area contributed by atoms with Crippen LogP contribution >= 0.6 is 0 Å². The van der Waals surface area contributed by atoms with Gasteiger partial charge in [0.15, 0.2) is 12.3 Å². The second kappa shape index (κ2) is 9.82. The molecule has 2 aromatic carbocycles. The van der Waals surface area contributed by atoms with Crippen LogP contribution in [0.25, 0.3) is 0 Å². The molecule has 1 fully saturated rings. The van der Waals surface area contributed by atoms with Crippen molar-refractivity contribution >= 4 is 28.9 Å². The lowest BCUT2D eigenvalue weighted by molar-refractivity contribution is -0.895. The molecule has 31 heavy (non-hydrogen) atoms. The van der Waals surface area contributed by atoms with E-state index in [9.17, 15) is 9.59 Å². The maximum Gasteiger partial charge on any atom is 0.289 e. The Labute approximate surface area is 180 Å². The number of azo groups is 1. The predicted molar refractivity (Wildman–Crippen MR) is 116 cm³/mol. The zero-order chi connectivity index (χ0) is 21.5. The summed E-state index contributed by atoms with van der Waals surface area (Å²) in [6, 6.07) is 20.1. The van der Waals surface area contributed by atoms with Crippen LogP contribution in [0.4, 0.5) is 17.1 Å². The summed E-state index contributed by atoms with van der Waals surface area (Å²) in [5, 5.41) is 11.3. The summed E-state index contributed by atoms with van der Waals surface area (Å²) in [5.74, 6) is 0.199. The molecule has 1 saturated heterocycles. The number of piperazine rings is 1. The van der Waals surface area contributed by atoms with Crippen molar-refractivity contribution in [3.05, 3.63) is 78.8 Å². The molecule has 4 rings (SSSR count). The number of carbonyl (C=O) groups is 2. The number of amides is 2. The molecule has 1 aliphatic heterocycles. The average Bonchev–Trinajstić information content (AvgIpc) is 3.34. The first-order valence-electron chi connectivity index (χ1n) is 10.2. The number of furan rings is 1. The molecule has 0 bridgehead atoms. The van der Waals surface area contributed by atoms with Crippen LogP contribution in [0, 0.1) is 0 Å². The quantitative estimate of drug-likeness (QED) is 0.603. The van der Waals surface area contributed by atoms with Crippen LogP contribution in [-0.4, -0.2) is 49.4 Å². The Morgan fingerprint density at radius 1 is 0.903 bits per heavy atom. The molecule has 2 heterocycles. The first kappa shape index (κ1) is 20.5. The molecule has 8 nitrogen and oxygen atoms in total. The van der Waals surface area contributed by atoms with E-state index in [0.717, 1.165) is 29.4 Å². The van der Waals surface area contributed by atoms with Crippen molar-refractivity contribution < 1.29 is 18.9 Å². The first-order chi connectivity index (χ1) is 15.2. The fourth-order valence-corrected chi connectivity index (χ4v) is 3.41. The standard InChI is InChI=1S/C23H23N5O3/c29-22(17-27-12-14-28(15-13-27)23(30)21-7-4-16-31-21)24-18-8-10-20(11-9-18)26-25-19-5-2-1-3-6-19/h1-11,16H,12-15,17H2,(H,24,29)/p+1. The van der Waals surface area contributed by atoms with E-state index in [1.54, 1.807) is 17.0 Å². The molecule has 0 radical (unpaired) electrons. The second-order valence-electron chi connectivity index (χ2n) is 7.33. The van der Waals surface area contributed by atoms with Gasteiger partial charge in [-0.15, -0.1) is 0 Å². The summed E-state index contributed by atoms with van der Waals surface area (Å²) >= 11 is 0. The minimum Gasteiger partial charge on any atom is -0.459 e. The van der Waals surface area contributed by atoms with E-state index in [-0.39, 0.29) is 11.8 Å². The zero-order valence-corrected chi connectivity index (χ0v) is 17.0. The monoisotopic (exact) mass is 418 g/mol. The smallest absolute Gasteiger partial charge is 0.289 e. The number of anilines is 1. The largest absolute Gasteiger partial charge is 0.459 e. The lowest BCUT2D eigenvalue weighted by Crippen LogP contribution is -3.15. The van der Waals surface area contributed by atoms with Crippen molar-refractivity contribution in [2.45, 2.75) is 0 Å². The van der Waals surface area contributed by atoms with Crippen LogP contribution in [0.15, 0.2) is 87.6 Å². The molecular weight excluding hydrogens is 394 g/mol. The van der Waals surface area contributed by atoms with Crippen molar-refractivity contribution in [2.75, 3.05) is 38.0 Å². The van der Waals surface area contributed by atoms with Gasteiger partial charge in [0.05, 0.1) is 43.8 Å². The highest BCUT2D eigenvalue weighted by molar-refractivity contribution is 5.92. The molecule has 0 atom stereocenters. The van der Waals surface area contributed by atoms with E-state index < -0.39 is 0 Å². The number of hydrogen-bond acceptors (Lipinski definition) is 5. The van der Waals surface area contributed by atoms with E-state index in [4.69, 9.17) is 4.42 Å². The number of carbonyl (C=O) groups excluding carboxylic acids is 2. The second-order valence-corrected chi connectivity index (χ2v) is 7.33. The summed E-state index contributed by atoms with van der Waals surface area (Å²) in [5.41, 5.74) is 2.22. The lowest BCUT2D eigenvalue weighted by atomic mass is 10.2. The number of benzene rings is 2. The molecule has 3 aromatic rings. The zero-order valence-electron chi connectivity index (χ0n) is 17.0. The van der Waals surface area contributed by atoms with E-state index in [2.05, 4.69) is 15.5 Å². The predicted octanol–water partition coefficient (Wildman–Crippen LogP) is 2.67. The highest BCUT2D eigenvalue weighted by atomic mass is 16.3. The molecule has 1 aliphatic rings. The minimum absolute atomic E-state index is 0.0560. The van der Waals surface area contributed by atoms with Crippen molar-refractivity contribution in [1.29, 1.82) is 0 Å². The molecule has 158 valence electrons. The van der Waals surface area contributed by atoms with Gasteiger partial charge in [-0.1, -0.05) is 18.2 Å². The maximum absolute atomic E-state index is 12.4. The maximum atomic E-state index is 12.4. The van der Waals surface area contributed by atoms with Gasteiger partial charge in [-0.25, -0.2) is 0 Å². The van der Waals surface area contributed by atoms with Crippen LogP contribution in [0.2, 0.25) is 0 Å². The van der Waals surface area contributed by atoms with Gasteiger partial charge >= 0.3 is 0 Å². The van der Waals surface area contributed by atoms with E-state index in [0.29, 0.717) is 31.1 Å². The molecular formula is C23H24N5O3+. The third kappa shape index (κ3) is 5.64. The minimum atomic E-state index is -0.0991. The summed E-state index contributed by atoms with van der Waals surface area (Å²) < 4.78 is 5.18. The van der Waals surface area contributed by atoms with Crippen molar-refractivity contribution in [1.82, 2.24) is 4.90 Å². The first-order valence-corrected chi connectivity index (χ1v) is 10.2. The SMILES string of the molecule is O=C(C[NH+]1CCN(C(=O)c2ccco2)CC1)Nc1ccc(N=Nc2ccccc2)cc1. The Hall–Kier alpha value is -3.78. The number of rotatable bonds is 6. The summed E-state index contributed by atoms with van der Waals surface area (Å²) in [4.78, 5) is 27.6. The van der Waals surface area contributed by atoms with E-state index in [1.807, 2.05) is 54.6 Å².